The van der Waals surface area contributed by atoms with Gasteiger partial charge in [0.05, 0.1) is 14.2 Å². The molecule has 0 fully saturated rings. The molecular formula is C19H26F3N5O3. The highest BCUT2D eigenvalue weighted by Crippen LogP contribution is 2.40. The molecule has 0 spiro atoms. The average Bonchev–Trinajstić information content (AvgIpc) is 3.13. The Bertz CT molecular complexity index is 869. The molecule has 1 aromatic carbocycles. The Labute approximate surface area is 172 Å². The summed E-state index contributed by atoms with van der Waals surface area (Å²) in [7, 11) is 4.47. The Balaban J connectivity index is 1.93. The van der Waals surface area contributed by atoms with Crippen molar-refractivity contribution in [1.82, 2.24) is 14.9 Å². The number of aromatic nitrogens is 2. The largest absolute Gasteiger partial charge is 0.493 e. The second-order valence-corrected chi connectivity index (χ2v) is 6.60. The lowest BCUT2D eigenvalue weighted by molar-refractivity contribution is -0.272. The van der Waals surface area contributed by atoms with E-state index in [0.717, 1.165) is 10.1 Å². The Morgan fingerprint density at radius 3 is 2.53 bits per heavy atom. The lowest BCUT2D eigenvalue weighted by atomic mass is 9.98. The van der Waals surface area contributed by atoms with Crippen LogP contribution in [-0.4, -0.2) is 54.1 Å². The molecule has 0 aliphatic rings. The van der Waals surface area contributed by atoms with E-state index < -0.39 is 24.0 Å². The molecule has 0 aliphatic heterocycles. The molecule has 166 valence electrons. The number of hydrogen-bond acceptors (Lipinski definition) is 5. The highest BCUT2D eigenvalue weighted by Gasteiger charge is 2.57. The molecule has 1 heterocycles. The third kappa shape index (κ3) is 5.35. The van der Waals surface area contributed by atoms with E-state index in [4.69, 9.17) is 15.2 Å². The number of guanidine groups is 1. The van der Waals surface area contributed by atoms with Crippen LogP contribution in [0.2, 0.25) is 0 Å². The normalized spacial score (nSPS) is 14.3. The van der Waals surface area contributed by atoms with Crippen molar-refractivity contribution in [2.75, 3.05) is 27.3 Å². The fourth-order valence-corrected chi connectivity index (χ4v) is 2.91. The van der Waals surface area contributed by atoms with Crippen LogP contribution in [0.25, 0.3) is 0 Å². The molecule has 2 aromatic rings. The van der Waals surface area contributed by atoms with E-state index >= 15 is 0 Å². The summed E-state index contributed by atoms with van der Waals surface area (Å²) in [4.78, 5) is 7.54. The first-order chi connectivity index (χ1) is 14.1. The predicted octanol–water partition coefficient (Wildman–Crippen LogP) is 1.72. The first-order valence-electron chi connectivity index (χ1n) is 9.14. The summed E-state index contributed by atoms with van der Waals surface area (Å²) in [6, 6.07) is 5.47. The van der Waals surface area contributed by atoms with E-state index in [1.54, 1.807) is 13.2 Å². The zero-order valence-corrected chi connectivity index (χ0v) is 17.0. The van der Waals surface area contributed by atoms with Crippen LogP contribution in [0, 0.1) is 0 Å². The summed E-state index contributed by atoms with van der Waals surface area (Å²) in [5.41, 5.74) is 3.57. The molecule has 0 bridgehead atoms. The Hall–Kier alpha value is -2.95. The number of imidazole rings is 1. The lowest BCUT2D eigenvalue weighted by Gasteiger charge is -2.29. The van der Waals surface area contributed by atoms with Gasteiger partial charge in [-0.3, -0.25) is 4.99 Å². The summed E-state index contributed by atoms with van der Waals surface area (Å²) >= 11 is 0. The molecule has 0 saturated heterocycles. The number of ether oxygens (including phenoxy) is 2. The van der Waals surface area contributed by atoms with Gasteiger partial charge in [-0.05, 0) is 24.1 Å². The van der Waals surface area contributed by atoms with Gasteiger partial charge in [-0.15, -0.1) is 0 Å². The van der Waals surface area contributed by atoms with Gasteiger partial charge in [-0.1, -0.05) is 6.07 Å². The topological polar surface area (TPSA) is 107 Å². The van der Waals surface area contributed by atoms with Gasteiger partial charge >= 0.3 is 6.18 Å². The van der Waals surface area contributed by atoms with Gasteiger partial charge in [0.25, 0.3) is 0 Å². The number of aliphatic imine (C=N–C) groups is 1. The number of halogens is 3. The summed E-state index contributed by atoms with van der Waals surface area (Å²) < 4.78 is 51.9. The van der Waals surface area contributed by atoms with Crippen molar-refractivity contribution in [1.29, 1.82) is 0 Å². The van der Waals surface area contributed by atoms with Crippen molar-refractivity contribution in [2.45, 2.75) is 24.6 Å². The Morgan fingerprint density at radius 2 is 1.97 bits per heavy atom. The zero-order chi connectivity index (χ0) is 22.4. The fourth-order valence-electron chi connectivity index (χ4n) is 2.91. The molecule has 30 heavy (non-hydrogen) atoms. The van der Waals surface area contributed by atoms with Crippen molar-refractivity contribution in [3.63, 3.8) is 0 Å². The highest BCUT2D eigenvalue weighted by atomic mass is 19.4. The van der Waals surface area contributed by atoms with Gasteiger partial charge in [-0.2, -0.15) is 13.2 Å². The Morgan fingerprint density at radius 1 is 1.27 bits per heavy atom. The minimum Gasteiger partial charge on any atom is -0.493 e. The standard InChI is InChI=1S/C19H26F3N5O3/c1-27-11-10-24-16(27)18(28,19(20,21)22)7-9-26-17(23)25-8-6-13-4-5-14(29-2)15(12-13)30-3/h4-5,10-12,28H,6-9H2,1-3H3,(H3,23,25,26). The number of aliphatic hydroxyl groups is 1. The van der Waals surface area contributed by atoms with E-state index in [1.807, 2.05) is 12.1 Å². The zero-order valence-electron chi connectivity index (χ0n) is 17.0. The van der Waals surface area contributed by atoms with Gasteiger partial charge < -0.3 is 30.2 Å². The maximum Gasteiger partial charge on any atom is 0.424 e. The number of nitrogens with zero attached hydrogens (tertiary/aromatic N) is 3. The summed E-state index contributed by atoms with van der Waals surface area (Å²) in [5.74, 6) is 0.697. The molecule has 8 nitrogen and oxygen atoms in total. The molecular weight excluding hydrogens is 403 g/mol. The minimum atomic E-state index is -4.91. The number of alkyl halides is 3. The number of methoxy groups -OCH3 is 2. The monoisotopic (exact) mass is 429 g/mol. The predicted molar refractivity (Wildman–Crippen MR) is 106 cm³/mol. The number of rotatable bonds is 9. The highest BCUT2D eigenvalue weighted by molar-refractivity contribution is 5.77. The Kier molecular flexibility index (Phi) is 7.54. The molecule has 1 aromatic heterocycles. The van der Waals surface area contributed by atoms with Crippen LogP contribution in [0.3, 0.4) is 0 Å². The van der Waals surface area contributed by atoms with Crippen LogP contribution in [0.1, 0.15) is 17.8 Å². The molecule has 0 saturated carbocycles. The smallest absolute Gasteiger partial charge is 0.424 e. The second kappa shape index (κ2) is 9.70. The van der Waals surface area contributed by atoms with Crippen LogP contribution in [0.4, 0.5) is 13.2 Å². The molecule has 0 amide bonds. The quantitative estimate of drug-likeness (QED) is 0.414. The number of hydrogen-bond donors (Lipinski definition) is 3. The van der Waals surface area contributed by atoms with Crippen LogP contribution in [0.5, 0.6) is 11.5 Å². The van der Waals surface area contributed by atoms with Crippen LogP contribution >= 0.6 is 0 Å². The number of benzene rings is 1. The van der Waals surface area contributed by atoms with Crippen molar-refractivity contribution in [3.8, 4) is 11.5 Å². The second-order valence-electron chi connectivity index (χ2n) is 6.60. The SMILES string of the molecule is COc1ccc(CCNC(N)=NCCC(O)(c2nccn2C)C(F)(F)F)cc1OC. The summed E-state index contributed by atoms with van der Waals surface area (Å²) in [6.07, 6.45) is -2.51. The average molecular weight is 429 g/mol. The van der Waals surface area contributed by atoms with Gasteiger partial charge in [0, 0.05) is 39.0 Å². The number of nitrogens with two attached hydrogens (primary N) is 1. The van der Waals surface area contributed by atoms with Crippen LogP contribution < -0.4 is 20.5 Å². The maximum atomic E-state index is 13.5. The van der Waals surface area contributed by atoms with Crippen molar-refractivity contribution >= 4 is 5.96 Å². The molecule has 0 radical (unpaired) electrons. The maximum absolute atomic E-state index is 13.5. The first-order valence-corrected chi connectivity index (χ1v) is 9.14. The van der Waals surface area contributed by atoms with Crippen molar-refractivity contribution in [3.05, 3.63) is 42.0 Å². The van der Waals surface area contributed by atoms with Crippen LogP contribution in [-0.2, 0) is 19.1 Å². The van der Waals surface area contributed by atoms with E-state index in [1.165, 1.54) is 26.6 Å². The van der Waals surface area contributed by atoms with E-state index in [9.17, 15) is 18.3 Å². The molecule has 4 N–H and O–H groups in total. The molecule has 2 rings (SSSR count). The molecule has 11 heteroatoms. The minimum absolute atomic E-state index is 0.0140. The van der Waals surface area contributed by atoms with E-state index in [0.29, 0.717) is 24.5 Å². The van der Waals surface area contributed by atoms with Gasteiger partial charge in [0.1, 0.15) is 5.82 Å². The number of nitrogens with one attached hydrogen (secondary N) is 1. The summed E-state index contributed by atoms with van der Waals surface area (Å²) in [5, 5.41) is 13.1. The third-order valence-corrected chi connectivity index (χ3v) is 4.58. The van der Waals surface area contributed by atoms with Crippen LogP contribution in [0.15, 0.2) is 35.6 Å². The van der Waals surface area contributed by atoms with Gasteiger partial charge in [0.2, 0.25) is 5.60 Å². The van der Waals surface area contributed by atoms with Crippen molar-refractivity contribution < 1.29 is 27.8 Å². The summed E-state index contributed by atoms with van der Waals surface area (Å²) in [6.45, 7) is 0.0752. The third-order valence-electron chi connectivity index (χ3n) is 4.58. The molecule has 0 aliphatic carbocycles. The molecule has 1 atom stereocenters. The number of aryl methyl sites for hydroxylation is 1. The van der Waals surface area contributed by atoms with E-state index in [2.05, 4.69) is 15.3 Å². The van der Waals surface area contributed by atoms with Gasteiger partial charge in [0.15, 0.2) is 17.5 Å². The van der Waals surface area contributed by atoms with E-state index in [-0.39, 0.29) is 12.5 Å². The van der Waals surface area contributed by atoms with Crippen molar-refractivity contribution in [2.24, 2.45) is 17.8 Å². The lowest BCUT2D eigenvalue weighted by Crippen LogP contribution is -2.45. The molecule has 1 unspecified atom stereocenters. The van der Waals surface area contributed by atoms with Gasteiger partial charge in [-0.25, -0.2) is 4.98 Å². The fraction of sp³-hybridized carbons (Fsp3) is 0.474. The first kappa shape index (κ1) is 23.3.